The average Bonchev–Trinajstić information content (AvgIpc) is 2.59. The van der Waals surface area contributed by atoms with Gasteiger partial charge in [-0.2, -0.15) is 0 Å². The molecule has 0 aromatic heterocycles. The van der Waals surface area contributed by atoms with Crippen molar-refractivity contribution in [3.05, 3.63) is 12.2 Å². The number of hydrogen-bond donors (Lipinski definition) is 0. The lowest BCUT2D eigenvalue weighted by Gasteiger charge is -2.39. The molecule has 0 aromatic rings. The Bertz CT molecular complexity index is 288. The molecule has 1 rings (SSSR count). The van der Waals surface area contributed by atoms with Gasteiger partial charge in [-0.3, -0.25) is 4.79 Å². The molecule has 3 nitrogen and oxygen atoms in total. The highest BCUT2D eigenvalue weighted by Gasteiger charge is 2.39. The molecule has 92 valence electrons. The van der Waals surface area contributed by atoms with Crippen LogP contribution in [-0.4, -0.2) is 36.6 Å². The second-order valence-corrected chi connectivity index (χ2v) is 4.85. The van der Waals surface area contributed by atoms with Crippen LogP contribution in [0.5, 0.6) is 0 Å². The Morgan fingerprint density at radius 2 is 2.25 bits per heavy atom. The molecule has 3 heteroatoms. The molecule has 1 aliphatic rings. The minimum absolute atomic E-state index is 0.0896. The number of amides is 1. The zero-order valence-electron chi connectivity index (χ0n) is 11.0. The minimum Gasteiger partial charge on any atom is -0.378 e. The Balaban J connectivity index is 2.80. The summed E-state index contributed by atoms with van der Waals surface area (Å²) in [6.07, 6.45) is 5.74. The van der Waals surface area contributed by atoms with Crippen molar-refractivity contribution in [2.24, 2.45) is 5.92 Å². The smallest absolute Gasteiger partial charge is 0.246 e. The van der Waals surface area contributed by atoms with Crippen molar-refractivity contribution in [1.82, 2.24) is 4.90 Å². The summed E-state index contributed by atoms with van der Waals surface area (Å²) in [6.45, 7) is 6.44. The van der Waals surface area contributed by atoms with E-state index in [9.17, 15) is 4.79 Å². The Hall–Kier alpha value is -0.830. The molecule has 0 saturated heterocycles. The quantitative estimate of drug-likeness (QED) is 0.718. The highest BCUT2D eigenvalue weighted by atomic mass is 16.5. The van der Waals surface area contributed by atoms with E-state index < -0.39 is 0 Å². The van der Waals surface area contributed by atoms with Gasteiger partial charge in [0.15, 0.2) is 0 Å². The number of carbonyl (C=O) groups excluding carboxylic acids is 1. The lowest BCUT2D eigenvalue weighted by atomic mass is 9.81. The highest BCUT2D eigenvalue weighted by molar-refractivity contribution is 5.90. The summed E-state index contributed by atoms with van der Waals surface area (Å²) in [7, 11) is 3.61. The van der Waals surface area contributed by atoms with Gasteiger partial charge in [0.25, 0.3) is 0 Å². The summed E-state index contributed by atoms with van der Waals surface area (Å²) in [5.74, 6) is 0.386. The van der Waals surface area contributed by atoms with Crippen LogP contribution in [0.15, 0.2) is 12.2 Å². The van der Waals surface area contributed by atoms with Crippen LogP contribution in [-0.2, 0) is 9.53 Å². The molecule has 1 heterocycles. The van der Waals surface area contributed by atoms with Crippen LogP contribution in [0.25, 0.3) is 0 Å². The Kier molecular flexibility index (Phi) is 4.14. The maximum atomic E-state index is 11.5. The molecule has 0 N–H and O–H groups in total. The van der Waals surface area contributed by atoms with E-state index in [-0.39, 0.29) is 17.6 Å². The summed E-state index contributed by atoms with van der Waals surface area (Å²) < 4.78 is 5.66. The van der Waals surface area contributed by atoms with Crippen molar-refractivity contribution in [2.45, 2.75) is 45.3 Å². The Morgan fingerprint density at radius 1 is 1.62 bits per heavy atom. The van der Waals surface area contributed by atoms with Crippen LogP contribution in [0.4, 0.5) is 0 Å². The molecule has 16 heavy (non-hydrogen) atoms. The van der Waals surface area contributed by atoms with Gasteiger partial charge in [-0.15, -0.1) is 0 Å². The van der Waals surface area contributed by atoms with Gasteiger partial charge in [-0.05, 0) is 13.3 Å². The second-order valence-electron chi connectivity index (χ2n) is 4.85. The molecule has 3 unspecified atom stereocenters. The molecule has 0 radical (unpaired) electrons. The highest BCUT2D eigenvalue weighted by Crippen LogP contribution is 2.32. The lowest BCUT2D eigenvalue weighted by molar-refractivity contribution is -0.127. The first-order chi connectivity index (χ1) is 7.46. The molecule has 0 saturated carbocycles. The maximum Gasteiger partial charge on any atom is 0.246 e. The van der Waals surface area contributed by atoms with E-state index >= 15 is 0 Å². The van der Waals surface area contributed by atoms with Gasteiger partial charge in [0.2, 0.25) is 5.91 Å². The molecule has 3 atom stereocenters. The predicted octanol–water partition coefficient (Wildman–Crippen LogP) is 2.22. The maximum absolute atomic E-state index is 11.5. The summed E-state index contributed by atoms with van der Waals surface area (Å²) in [4.78, 5) is 13.2. The van der Waals surface area contributed by atoms with Crippen LogP contribution in [0.3, 0.4) is 0 Å². The van der Waals surface area contributed by atoms with Gasteiger partial charge in [-0.1, -0.05) is 26.3 Å². The van der Waals surface area contributed by atoms with Gasteiger partial charge in [0.1, 0.15) is 0 Å². The number of rotatable bonds is 5. The first-order valence-corrected chi connectivity index (χ1v) is 5.96. The molecule has 0 bridgehead atoms. The molecule has 0 aromatic carbocycles. The standard InChI is InChI=1S/C13H23NO2/c1-6-9-13(3,16-5)10(2)11-7-8-12(15)14(11)4/h7-8,10-11H,6,9H2,1-5H3. The first kappa shape index (κ1) is 13.2. The largest absolute Gasteiger partial charge is 0.378 e. The second kappa shape index (κ2) is 5.00. The molecular weight excluding hydrogens is 202 g/mol. The van der Waals surface area contributed by atoms with E-state index in [1.165, 1.54) is 0 Å². The van der Waals surface area contributed by atoms with Crippen LogP contribution < -0.4 is 0 Å². The van der Waals surface area contributed by atoms with E-state index in [1.54, 1.807) is 18.1 Å². The van der Waals surface area contributed by atoms with E-state index in [0.717, 1.165) is 12.8 Å². The zero-order chi connectivity index (χ0) is 12.3. The topological polar surface area (TPSA) is 29.5 Å². The Labute approximate surface area is 98.5 Å². The minimum atomic E-state index is -0.164. The monoisotopic (exact) mass is 225 g/mol. The average molecular weight is 225 g/mol. The van der Waals surface area contributed by atoms with Gasteiger partial charge >= 0.3 is 0 Å². The van der Waals surface area contributed by atoms with Crippen molar-refractivity contribution in [1.29, 1.82) is 0 Å². The van der Waals surface area contributed by atoms with Crippen LogP contribution >= 0.6 is 0 Å². The third kappa shape index (κ3) is 2.29. The lowest BCUT2D eigenvalue weighted by Crippen LogP contribution is -2.46. The van der Waals surface area contributed by atoms with Crippen molar-refractivity contribution >= 4 is 5.91 Å². The number of carbonyl (C=O) groups is 1. The molecule has 0 spiro atoms. The van der Waals surface area contributed by atoms with E-state index in [2.05, 4.69) is 20.8 Å². The van der Waals surface area contributed by atoms with Crippen LogP contribution in [0.2, 0.25) is 0 Å². The van der Waals surface area contributed by atoms with Crippen molar-refractivity contribution in [3.8, 4) is 0 Å². The van der Waals surface area contributed by atoms with Gasteiger partial charge in [-0.25, -0.2) is 0 Å². The first-order valence-electron chi connectivity index (χ1n) is 5.96. The number of ether oxygens (including phenoxy) is 1. The number of likely N-dealkylation sites (N-methyl/N-ethyl adjacent to an activating group) is 1. The fourth-order valence-corrected chi connectivity index (χ4v) is 2.45. The molecule has 1 aliphatic heterocycles. The molecule has 0 aliphatic carbocycles. The van der Waals surface area contributed by atoms with E-state index in [4.69, 9.17) is 4.74 Å². The third-order valence-electron chi connectivity index (χ3n) is 3.92. The van der Waals surface area contributed by atoms with Crippen molar-refractivity contribution in [3.63, 3.8) is 0 Å². The molecular formula is C13H23NO2. The summed E-state index contributed by atoms with van der Waals surface area (Å²) in [5, 5.41) is 0. The molecule has 0 fully saturated rings. The number of nitrogens with zero attached hydrogens (tertiary/aromatic N) is 1. The van der Waals surface area contributed by atoms with Crippen molar-refractivity contribution in [2.75, 3.05) is 14.2 Å². The SMILES string of the molecule is CCCC(C)(OC)C(C)C1C=CC(=O)N1C. The van der Waals surface area contributed by atoms with Gasteiger partial charge in [0, 0.05) is 26.2 Å². The summed E-state index contributed by atoms with van der Waals surface area (Å²) in [5.41, 5.74) is -0.164. The number of hydrogen-bond acceptors (Lipinski definition) is 2. The Morgan fingerprint density at radius 3 is 2.62 bits per heavy atom. The summed E-state index contributed by atoms with van der Waals surface area (Å²) in [6, 6.07) is 0.156. The number of methoxy groups -OCH3 is 1. The fraction of sp³-hybridized carbons (Fsp3) is 0.769. The van der Waals surface area contributed by atoms with Crippen LogP contribution in [0, 0.1) is 5.92 Å². The van der Waals surface area contributed by atoms with E-state index in [1.807, 2.05) is 13.1 Å². The zero-order valence-corrected chi connectivity index (χ0v) is 11.0. The van der Waals surface area contributed by atoms with Crippen LogP contribution in [0.1, 0.15) is 33.6 Å². The van der Waals surface area contributed by atoms with E-state index in [0.29, 0.717) is 5.92 Å². The van der Waals surface area contributed by atoms with Crippen molar-refractivity contribution < 1.29 is 9.53 Å². The third-order valence-corrected chi connectivity index (χ3v) is 3.92. The molecule has 1 amide bonds. The predicted molar refractivity (Wildman–Crippen MR) is 65.2 cm³/mol. The fourth-order valence-electron chi connectivity index (χ4n) is 2.45. The van der Waals surface area contributed by atoms with Gasteiger partial charge in [0.05, 0.1) is 11.6 Å². The summed E-state index contributed by atoms with van der Waals surface area (Å²) >= 11 is 0. The van der Waals surface area contributed by atoms with Gasteiger partial charge < -0.3 is 9.64 Å². The normalized spacial score (nSPS) is 25.9.